The lowest BCUT2D eigenvalue weighted by Gasteiger charge is -2.15. The number of amidine groups is 1. The third-order valence-electron chi connectivity index (χ3n) is 5.01. The van der Waals surface area contributed by atoms with Crippen molar-refractivity contribution in [2.75, 3.05) is 19.0 Å². The van der Waals surface area contributed by atoms with Gasteiger partial charge in [-0.3, -0.25) is 14.5 Å². The van der Waals surface area contributed by atoms with Gasteiger partial charge in [0.05, 0.1) is 25.9 Å². The number of carbonyl (C=O) groups excluding carboxylic acids is 2. The normalized spacial score (nSPS) is 16.6. The smallest absolute Gasteiger partial charge is 0.243 e. The van der Waals surface area contributed by atoms with Crippen LogP contribution in [0.3, 0.4) is 0 Å². The summed E-state index contributed by atoms with van der Waals surface area (Å²) in [7, 11) is 1.61. The number of nitrogens with one attached hydrogen (secondary N) is 1. The number of hydrogen-bond donors (Lipinski definition) is 1. The van der Waals surface area contributed by atoms with Crippen molar-refractivity contribution >= 4 is 51.5 Å². The largest absolute Gasteiger partial charge is 0.497 e. The molecule has 0 radical (unpaired) electrons. The van der Waals surface area contributed by atoms with Gasteiger partial charge in [-0.05, 0) is 54.8 Å². The van der Waals surface area contributed by atoms with Crippen LogP contribution < -0.4 is 14.8 Å². The molecule has 9 heteroatoms. The van der Waals surface area contributed by atoms with E-state index in [0.717, 1.165) is 10.6 Å². The second-order valence-corrected chi connectivity index (χ2v) is 9.62. The van der Waals surface area contributed by atoms with Gasteiger partial charge in [0.25, 0.3) is 0 Å². The minimum atomic E-state index is -0.549. The first-order valence-electron chi connectivity index (χ1n) is 10.8. The monoisotopic (exact) mass is 495 g/mol. The lowest BCUT2D eigenvalue weighted by atomic mass is 10.2. The van der Waals surface area contributed by atoms with Crippen LogP contribution in [0.2, 0.25) is 0 Å². The maximum atomic E-state index is 13.3. The van der Waals surface area contributed by atoms with Gasteiger partial charge in [-0.15, -0.1) is 11.3 Å². The van der Waals surface area contributed by atoms with Gasteiger partial charge in [0.1, 0.15) is 16.7 Å². The average Bonchev–Trinajstić information content (AvgIpc) is 3.44. The molecule has 1 atom stereocenters. The van der Waals surface area contributed by atoms with Crippen molar-refractivity contribution in [1.29, 1.82) is 0 Å². The zero-order valence-corrected chi connectivity index (χ0v) is 20.5. The summed E-state index contributed by atoms with van der Waals surface area (Å²) < 4.78 is 10.7. The second kappa shape index (κ2) is 11.2. The van der Waals surface area contributed by atoms with Crippen LogP contribution in [0.25, 0.3) is 0 Å². The average molecular weight is 496 g/mol. The summed E-state index contributed by atoms with van der Waals surface area (Å²) in [6.07, 6.45) is 0.0466. The molecule has 4 rings (SSSR count). The van der Waals surface area contributed by atoms with Gasteiger partial charge < -0.3 is 14.8 Å². The Hall–Kier alpha value is -3.30. The van der Waals surface area contributed by atoms with Gasteiger partial charge in [0.2, 0.25) is 11.8 Å². The molecule has 7 nitrogen and oxygen atoms in total. The summed E-state index contributed by atoms with van der Waals surface area (Å²) in [6, 6.07) is 18.5. The fourth-order valence-corrected chi connectivity index (χ4v) is 5.26. The zero-order valence-electron chi connectivity index (χ0n) is 18.9. The lowest BCUT2D eigenvalue weighted by molar-refractivity contribution is -0.128. The number of anilines is 1. The molecule has 1 fully saturated rings. The summed E-state index contributed by atoms with van der Waals surface area (Å²) in [4.78, 5) is 33.4. The Labute approximate surface area is 206 Å². The van der Waals surface area contributed by atoms with E-state index in [1.165, 1.54) is 11.8 Å². The molecule has 1 aliphatic heterocycles. The van der Waals surface area contributed by atoms with Crippen molar-refractivity contribution in [1.82, 2.24) is 4.90 Å². The summed E-state index contributed by atoms with van der Waals surface area (Å²) in [5.74, 6) is 1.06. The van der Waals surface area contributed by atoms with Crippen LogP contribution in [0, 0.1) is 0 Å². The number of ether oxygens (including phenoxy) is 2. The molecule has 0 saturated carbocycles. The van der Waals surface area contributed by atoms with Crippen molar-refractivity contribution in [2.24, 2.45) is 4.99 Å². The van der Waals surface area contributed by atoms with E-state index in [-0.39, 0.29) is 18.2 Å². The molecule has 3 aromatic rings. The number of thiophene rings is 1. The molecule has 176 valence electrons. The lowest BCUT2D eigenvalue weighted by Crippen LogP contribution is -2.32. The van der Waals surface area contributed by atoms with Crippen LogP contribution in [-0.2, 0) is 16.1 Å². The SMILES string of the molecule is CCOc1cccc(NC(=O)C[C@@H]2SC(=Nc3ccc(OC)cc3)N(Cc3cccs3)C2=O)c1. The van der Waals surface area contributed by atoms with Crippen LogP contribution >= 0.6 is 23.1 Å². The molecular weight excluding hydrogens is 470 g/mol. The highest BCUT2D eigenvalue weighted by Crippen LogP contribution is 2.34. The number of benzene rings is 2. The van der Waals surface area contributed by atoms with E-state index in [1.807, 2.05) is 60.8 Å². The van der Waals surface area contributed by atoms with Gasteiger partial charge in [-0.25, -0.2) is 4.99 Å². The van der Waals surface area contributed by atoms with E-state index in [9.17, 15) is 9.59 Å². The van der Waals surface area contributed by atoms with E-state index in [2.05, 4.69) is 5.32 Å². The molecule has 2 heterocycles. The Morgan fingerprint density at radius 3 is 2.65 bits per heavy atom. The van der Waals surface area contributed by atoms with Crippen LogP contribution in [-0.4, -0.2) is 40.8 Å². The van der Waals surface area contributed by atoms with Crippen molar-refractivity contribution < 1.29 is 19.1 Å². The molecular formula is C25H25N3O4S2. The Morgan fingerprint density at radius 2 is 1.94 bits per heavy atom. The van der Waals surface area contributed by atoms with Crippen molar-refractivity contribution in [3.63, 3.8) is 0 Å². The molecule has 0 bridgehead atoms. The van der Waals surface area contributed by atoms with E-state index in [0.29, 0.717) is 35.4 Å². The van der Waals surface area contributed by atoms with Crippen LogP contribution in [0.1, 0.15) is 18.2 Å². The molecule has 1 aromatic heterocycles. The highest BCUT2D eigenvalue weighted by molar-refractivity contribution is 8.15. The number of nitrogens with zero attached hydrogens (tertiary/aromatic N) is 2. The van der Waals surface area contributed by atoms with Crippen LogP contribution in [0.4, 0.5) is 11.4 Å². The van der Waals surface area contributed by atoms with E-state index in [1.54, 1.807) is 35.5 Å². The van der Waals surface area contributed by atoms with E-state index >= 15 is 0 Å². The Bertz CT molecular complexity index is 1160. The highest BCUT2D eigenvalue weighted by atomic mass is 32.2. The maximum absolute atomic E-state index is 13.3. The molecule has 1 saturated heterocycles. The first kappa shape index (κ1) is 23.8. The maximum Gasteiger partial charge on any atom is 0.243 e. The van der Waals surface area contributed by atoms with Crippen LogP contribution in [0.15, 0.2) is 71.0 Å². The van der Waals surface area contributed by atoms with Crippen molar-refractivity contribution in [3.05, 3.63) is 70.9 Å². The fraction of sp³-hybridized carbons (Fsp3) is 0.240. The highest BCUT2D eigenvalue weighted by Gasteiger charge is 2.39. The van der Waals surface area contributed by atoms with Crippen molar-refractivity contribution in [2.45, 2.75) is 25.1 Å². The number of amides is 2. The molecule has 2 aromatic carbocycles. The number of thioether (sulfide) groups is 1. The Kier molecular flexibility index (Phi) is 7.87. The van der Waals surface area contributed by atoms with Crippen molar-refractivity contribution in [3.8, 4) is 11.5 Å². The molecule has 1 aliphatic rings. The van der Waals surface area contributed by atoms with Crippen LogP contribution in [0.5, 0.6) is 11.5 Å². The van der Waals surface area contributed by atoms with E-state index < -0.39 is 5.25 Å². The molecule has 34 heavy (non-hydrogen) atoms. The first-order chi connectivity index (χ1) is 16.6. The fourth-order valence-electron chi connectivity index (χ4n) is 3.41. The number of rotatable bonds is 9. The Balaban J connectivity index is 1.50. The molecule has 0 spiro atoms. The summed E-state index contributed by atoms with van der Waals surface area (Å²) >= 11 is 2.90. The predicted octanol–water partition coefficient (Wildman–Crippen LogP) is 5.32. The van der Waals surface area contributed by atoms with E-state index in [4.69, 9.17) is 14.5 Å². The summed E-state index contributed by atoms with van der Waals surface area (Å²) in [6.45, 7) is 2.87. The van der Waals surface area contributed by atoms with Gasteiger partial charge in [0, 0.05) is 23.1 Å². The summed E-state index contributed by atoms with van der Waals surface area (Å²) in [5, 5.41) is 4.88. The molecule has 0 aliphatic carbocycles. The zero-order chi connectivity index (χ0) is 23.9. The third kappa shape index (κ3) is 5.98. The Morgan fingerprint density at radius 1 is 1.12 bits per heavy atom. The minimum Gasteiger partial charge on any atom is -0.497 e. The predicted molar refractivity (Wildman–Crippen MR) is 137 cm³/mol. The topological polar surface area (TPSA) is 80.2 Å². The second-order valence-electron chi connectivity index (χ2n) is 7.42. The minimum absolute atomic E-state index is 0.0466. The standard InChI is InChI=1S/C25H25N3O4S2/c1-3-32-20-7-4-6-18(14-20)26-23(29)15-22-24(30)28(16-21-8-5-13-33-21)25(34-22)27-17-9-11-19(31-2)12-10-17/h4-14,22H,3,15-16H2,1-2H3,(H,26,29)/t22-/m0/s1. The molecule has 0 unspecified atom stereocenters. The summed E-state index contributed by atoms with van der Waals surface area (Å²) in [5.41, 5.74) is 1.35. The number of methoxy groups -OCH3 is 1. The van der Waals surface area contributed by atoms with Gasteiger partial charge in [-0.1, -0.05) is 23.9 Å². The third-order valence-corrected chi connectivity index (χ3v) is 7.05. The number of hydrogen-bond acceptors (Lipinski definition) is 7. The molecule has 2 amide bonds. The number of carbonyl (C=O) groups is 2. The van der Waals surface area contributed by atoms with Gasteiger partial charge in [-0.2, -0.15) is 0 Å². The number of aliphatic imine (C=N–C) groups is 1. The van der Waals surface area contributed by atoms with Gasteiger partial charge in [0.15, 0.2) is 5.17 Å². The first-order valence-corrected chi connectivity index (χ1v) is 12.6. The van der Waals surface area contributed by atoms with Gasteiger partial charge >= 0.3 is 0 Å². The quantitative estimate of drug-likeness (QED) is 0.435. The molecule has 1 N–H and O–H groups in total.